The Balaban J connectivity index is 2.04. The molecular weight excluding hydrogens is 492 g/mol. The van der Waals surface area contributed by atoms with Crippen molar-refractivity contribution in [1.29, 1.82) is 0 Å². The van der Waals surface area contributed by atoms with Crippen LogP contribution in [0, 0.1) is 0 Å². The van der Waals surface area contributed by atoms with Crippen molar-refractivity contribution in [2.75, 3.05) is 27.9 Å². The third-order valence-electron chi connectivity index (χ3n) is 6.05. The van der Waals surface area contributed by atoms with Crippen LogP contribution in [-0.2, 0) is 9.53 Å². The Bertz CT molecular complexity index is 1520. The highest BCUT2D eigenvalue weighted by Gasteiger charge is 2.35. The fourth-order valence-electron chi connectivity index (χ4n) is 4.47. The summed E-state index contributed by atoms with van der Waals surface area (Å²) in [4.78, 5) is 32.5. The molecule has 0 spiro atoms. The molecule has 3 aromatic rings. The Morgan fingerprint density at radius 1 is 1.03 bits per heavy atom. The van der Waals surface area contributed by atoms with Crippen molar-refractivity contribution >= 4 is 23.4 Å². The molecule has 1 aromatic heterocycles. The van der Waals surface area contributed by atoms with Gasteiger partial charge in [0, 0.05) is 11.1 Å². The second-order valence-electron chi connectivity index (χ2n) is 8.24. The van der Waals surface area contributed by atoms with Gasteiger partial charge in [0.2, 0.25) is 0 Å². The number of carbonyl (C=O) groups is 1. The number of thiazole rings is 1. The summed E-state index contributed by atoms with van der Waals surface area (Å²) >= 11 is 1.26. The van der Waals surface area contributed by atoms with Gasteiger partial charge in [0.15, 0.2) is 16.3 Å². The number of hydrogen-bond acceptors (Lipinski definition) is 8. The zero-order valence-corrected chi connectivity index (χ0v) is 22.4. The second-order valence-corrected chi connectivity index (χ2v) is 9.25. The number of hydrogen-bond donors (Lipinski definition) is 0. The molecule has 2 aromatic carbocycles. The SMILES string of the molecule is CCCC1=C(C(=O)OCC)C(c2ccccc2OC)n2c(s/c(=C/c3cccc(OC)c3OC)c2=O)=N1. The average molecular weight is 523 g/mol. The maximum atomic E-state index is 13.9. The summed E-state index contributed by atoms with van der Waals surface area (Å²) in [6, 6.07) is 12.1. The first-order valence-electron chi connectivity index (χ1n) is 12.0. The van der Waals surface area contributed by atoms with Gasteiger partial charge in [-0.2, -0.15) is 0 Å². The van der Waals surface area contributed by atoms with Crippen LogP contribution in [0.15, 0.2) is 63.5 Å². The summed E-state index contributed by atoms with van der Waals surface area (Å²) < 4.78 is 24.1. The largest absolute Gasteiger partial charge is 0.496 e. The molecule has 194 valence electrons. The van der Waals surface area contributed by atoms with Crippen molar-refractivity contribution in [2.45, 2.75) is 32.7 Å². The van der Waals surface area contributed by atoms with Gasteiger partial charge in [0.1, 0.15) is 11.8 Å². The number of fused-ring (bicyclic) bond motifs is 1. The summed E-state index contributed by atoms with van der Waals surface area (Å²) in [5.41, 5.74) is 2.07. The number of methoxy groups -OCH3 is 3. The minimum absolute atomic E-state index is 0.209. The lowest BCUT2D eigenvalue weighted by atomic mass is 9.93. The van der Waals surface area contributed by atoms with E-state index in [0.29, 0.717) is 55.4 Å². The van der Waals surface area contributed by atoms with Crippen LogP contribution in [0.2, 0.25) is 0 Å². The molecule has 37 heavy (non-hydrogen) atoms. The van der Waals surface area contributed by atoms with E-state index in [9.17, 15) is 9.59 Å². The van der Waals surface area contributed by atoms with E-state index in [-0.39, 0.29) is 12.2 Å². The molecule has 1 unspecified atom stereocenters. The van der Waals surface area contributed by atoms with Gasteiger partial charge < -0.3 is 18.9 Å². The summed E-state index contributed by atoms with van der Waals surface area (Å²) in [5.74, 6) is 1.16. The highest BCUT2D eigenvalue weighted by molar-refractivity contribution is 7.07. The number of benzene rings is 2. The number of rotatable bonds is 9. The Hall–Kier alpha value is -3.85. The van der Waals surface area contributed by atoms with E-state index in [1.165, 1.54) is 11.3 Å². The van der Waals surface area contributed by atoms with Gasteiger partial charge in [-0.05, 0) is 31.6 Å². The number of para-hydroxylation sites is 2. The monoisotopic (exact) mass is 522 g/mol. The lowest BCUT2D eigenvalue weighted by Crippen LogP contribution is -2.40. The van der Waals surface area contributed by atoms with Crippen LogP contribution in [0.1, 0.15) is 43.9 Å². The minimum Gasteiger partial charge on any atom is -0.496 e. The van der Waals surface area contributed by atoms with Gasteiger partial charge in [0.25, 0.3) is 5.56 Å². The first-order valence-corrected chi connectivity index (χ1v) is 12.9. The molecule has 0 bridgehead atoms. The summed E-state index contributed by atoms with van der Waals surface area (Å²) in [7, 11) is 4.69. The molecule has 1 aliphatic rings. The molecule has 4 rings (SSSR count). The van der Waals surface area contributed by atoms with E-state index >= 15 is 0 Å². The molecule has 0 N–H and O–H groups in total. The molecule has 2 heterocycles. The van der Waals surface area contributed by atoms with E-state index in [1.54, 1.807) is 45.0 Å². The Morgan fingerprint density at radius 2 is 1.76 bits per heavy atom. The predicted octanol–water partition coefficient (Wildman–Crippen LogP) is 3.60. The minimum atomic E-state index is -0.748. The van der Waals surface area contributed by atoms with Crippen molar-refractivity contribution < 1.29 is 23.7 Å². The molecule has 0 radical (unpaired) electrons. The van der Waals surface area contributed by atoms with E-state index in [0.717, 1.165) is 6.42 Å². The van der Waals surface area contributed by atoms with Gasteiger partial charge in [-0.3, -0.25) is 9.36 Å². The summed E-state index contributed by atoms with van der Waals surface area (Å²) in [5, 5.41) is 0. The highest BCUT2D eigenvalue weighted by Crippen LogP contribution is 2.37. The summed E-state index contributed by atoms with van der Waals surface area (Å²) in [6.45, 7) is 3.99. The highest BCUT2D eigenvalue weighted by atomic mass is 32.1. The number of nitrogens with zero attached hydrogens (tertiary/aromatic N) is 2. The quantitative estimate of drug-likeness (QED) is 0.399. The Kier molecular flexibility index (Phi) is 8.13. The molecule has 9 heteroatoms. The molecule has 0 fully saturated rings. The van der Waals surface area contributed by atoms with Crippen LogP contribution in [-0.4, -0.2) is 38.5 Å². The number of ether oxygens (including phenoxy) is 4. The van der Waals surface area contributed by atoms with Crippen molar-refractivity contribution in [3.05, 3.63) is 84.5 Å². The van der Waals surface area contributed by atoms with E-state index in [1.807, 2.05) is 43.3 Å². The van der Waals surface area contributed by atoms with Crippen molar-refractivity contribution in [2.24, 2.45) is 4.99 Å². The third-order valence-corrected chi connectivity index (χ3v) is 7.03. The van der Waals surface area contributed by atoms with E-state index in [4.69, 9.17) is 23.9 Å². The van der Waals surface area contributed by atoms with E-state index in [2.05, 4.69) is 0 Å². The third kappa shape index (κ3) is 4.91. The average Bonchev–Trinajstić information content (AvgIpc) is 3.22. The van der Waals surface area contributed by atoms with Crippen molar-refractivity contribution in [1.82, 2.24) is 4.57 Å². The zero-order chi connectivity index (χ0) is 26.5. The first-order chi connectivity index (χ1) is 18.0. The van der Waals surface area contributed by atoms with Crippen LogP contribution in [0.5, 0.6) is 17.2 Å². The van der Waals surface area contributed by atoms with Crippen LogP contribution in [0.25, 0.3) is 6.08 Å². The standard InChI is InChI=1S/C28H30N2O6S/c1-6-11-19-23(27(32)36-7-2)24(18-13-8-9-14-20(18)33-3)30-26(31)22(37-28(30)29-19)16-17-12-10-15-21(34-4)25(17)35-5/h8-10,12-16,24H,6-7,11H2,1-5H3/b22-16+. The molecule has 8 nitrogen and oxygen atoms in total. The normalized spacial score (nSPS) is 15.2. The van der Waals surface area contributed by atoms with Crippen molar-refractivity contribution in [3.63, 3.8) is 0 Å². The van der Waals surface area contributed by atoms with Crippen LogP contribution in [0.4, 0.5) is 0 Å². The summed E-state index contributed by atoms with van der Waals surface area (Å²) in [6.07, 6.45) is 3.10. The lowest BCUT2D eigenvalue weighted by molar-refractivity contribution is -0.139. The van der Waals surface area contributed by atoms with Gasteiger partial charge in [-0.25, -0.2) is 9.79 Å². The molecule has 1 atom stereocenters. The lowest BCUT2D eigenvalue weighted by Gasteiger charge is -2.26. The van der Waals surface area contributed by atoms with Gasteiger partial charge in [0.05, 0.1) is 43.7 Å². The number of carbonyl (C=O) groups excluding carboxylic acids is 1. The van der Waals surface area contributed by atoms with Crippen LogP contribution < -0.4 is 29.1 Å². The van der Waals surface area contributed by atoms with Gasteiger partial charge in [-0.1, -0.05) is 55.0 Å². The molecular formula is C28H30N2O6S. The number of aromatic nitrogens is 1. The first kappa shape index (κ1) is 26.2. The maximum Gasteiger partial charge on any atom is 0.338 e. The molecule has 0 saturated heterocycles. The van der Waals surface area contributed by atoms with Gasteiger partial charge in [-0.15, -0.1) is 0 Å². The molecule has 0 aliphatic carbocycles. The smallest absolute Gasteiger partial charge is 0.338 e. The molecule has 1 aliphatic heterocycles. The number of allylic oxidation sites excluding steroid dienone is 1. The topological polar surface area (TPSA) is 88.4 Å². The number of esters is 1. The zero-order valence-electron chi connectivity index (χ0n) is 21.6. The second kappa shape index (κ2) is 11.5. The van der Waals surface area contributed by atoms with E-state index < -0.39 is 12.0 Å². The Labute approximate surface area is 219 Å². The molecule has 0 amide bonds. The van der Waals surface area contributed by atoms with Crippen LogP contribution in [0.3, 0.4) is 0 Å². The van der Waals surface area contributed by atoms with Gasteiger partial charge >= 0.3 is 5.97 Å². The fourth-order valence-corrected chi connectivity index (χ4v) is 5.49. The van der Waals surface area contributed by atoms with Crippen molar-refractivity contribution in [3.8, 4) is 17.2 Å². The Morgan fingerprint density at radius 3 is 2.43 bits per heavy atom. The van der Waals surface area contributed by atoms with Crippen LogP contribution >= 0.6 is 11.3 Å². The molecule has 0 saturated carbocycles. The maximum absolute atomic E-state index is 13.9. The predicted molar refractivity (Wildman–Crippen MR) is 142 cm³/mol. The fraction of sp³-hybridized carbons (Fsp3) is 0.321.